The molecule has 1 amide bonds. The molecule has 1 aliphatic rings. The third-order valence-electron chi connectivity index (χ3n) is 4.15. The highest BCUT2D eigenvalue weighted by atomic mass is 16.6. The van der Waals surface area contributed by atoms with E-state index in [4.69, 9.17) is 4.42 Å². The summed E-state index contributed by atoms with van der Waals surface area (Å²) >= 11 is 0. The molecule has 1 fully saturated rings. The van der Waals surface area contributed by atoms with Crippen molar-refractivity contribution in [2.45, 2.75) is 65.7 Å². The van der Waals surface area contributed by atoms with Crippen molar-refractivity contribution in [2.24, 2.45) is 5.92 Å². The minimum absolute atomic E-state index is 0.0265. The number of nitro groups is 1. The number of hydrogen-bond acceptors (Lipinski definition) is 4. The van der Waals surface area contributed by atoms with Crippen LogP contribution in [0.25, 0.3) is 0 Å². The van der Waals surface area contributed by atoms with Crippen LogP contribution >= 0.6 is 0 Å². The van der Waals surface area contributed by atoms with Gasteiger partial charge in [0.1, 0.15) is 4.92 Å². The van der Waals surface area contributed by atoms with Crippen LogP contribution in [0.15, 0.2) is 16.5 Å². The zero-order valence-corrected chi connectivity index (χ0v) is 15.1. The molecule has 1 aromatic heterocycles. The first-order chi connectivity index (χ1) is 11.5. The number of carbonyl (C=O) groups is 1. The van der Waals surface area contributed by atoms with Crippen molar-refractivity contribution in [3.63, 3.8) is 0 Å². The van der Waals surface area contributed by atoms with E-state index in [9.17, 15) is 14.9 Å². The summed E-state index contributed by atoms with van der Waals surface area (Å²) in [6.45, 7) is 7.56. The minimum Gasteiger partial charge on any atom is -0.395 e. The largest absolute Gasteiger partial charge is 0.433 e. The smallest absolute Gasteiger partial charge is 0.395 e. The van der Waals surface area contributed by atoms with E-state index in [1.54, 1.807) is 4.90 Å². The van der Waals surface area contributed by atoms with E-state index in [1.807, 2.05) is 13.8 Å². The summed E-state index contributed by atoms with van der Waals surface area (Å²) in [7, 11) is 0. The third-order valence-corrected chi connectivity index (χ3v) is 4.15. The molecule has 1 aliphatic carbocycles. The van der Waals surface area contributed by atoms with Gasteiger partial charge in [-0.25, -0.2) is 0 Å². The molecule has 0 aliphatic heterocycles. The van der Waals surface area contributed by atoms with Gasteiger partial charge in [0.25, 0.3) is 5.91 Å². The van der Waals surface area contributed by atoms with E-state index < -0.39 is 10.8 Å². The molecule has 6 nitrogen and oxygen atoms in total. The molecule has 1 aromatic rings. The van der Waals surface area contributed by atoms with Gasteiger partial charge in [-0.15, -0.1) is 0 Å². The summed E-state index contributed by atoms with van der Waals surface area (Å²) in [6, 6.07) is 2.54. The summed E-state index contributed by atoms with van der Waals surface area (Å²) in [5.41, 5.74) is 0. The van der Waals surface area contributed by atoms with E-state index in [1.165, 1.54) is 44.2 Å². The molecule has 0 N–H and O–H groups in total. The van der Waals surface area contributed by atoms with Gasteiger partial charge in [0.2, 0.25) is 0 Å². The van der Waals surface area contributed by atoms with Crippen LogP contribution in [0.2, 0.25) is 0 Å². The Morgan fingerprint density at radius 3 is 2.17 bits per heavy atom. The average Bonchev–Trinajstić information content (AvgIpc) is 3.05. The van der Waals surface area contributed by atoms with Crippen LogP contribution in [0.1, 0.15) is 76.3 Å². The van der Waals surface area contributed by atoms with Crippen LogP contribution in [0.5, 0.6) is 0 Å². The highest BCUT2D eigenvalue weighted by Gasteiger charge is 2.21. The highest BCUT2D eigenvalue weighted by molar-refractivity contribution is 5.91. The van der Waals surface area contributed by atoms with Gasteiger partial charge >= 0.3 is 5.88 Å². The van der Waals surface area contributed by atoms with Crippen LogP contribution in [0.4, 0.5) is 5.88 Å². The van der Waals surface area contributed by atoms with Crippen molar-refractivity contribution >= 4 is 11.8 Å². The summed E-state index contributed by atoms with van der Waals surface area (Å²) in [4.78, 5) is 23.4. The molecular weight excluding hydrogens is 308 g/mol. The summed E-state index contributed by atoms with van der Waals surface area (Å²) in [5, 5.41) is 10.4. The first-order valence-electron chi connectivity index (χ1n) is 9.03. The van der Waals surface area contributed by atoms with Gasteiger partial charge in [0.15, 0.2) is 5.76 Å². The Bertz CT molecular complexity index is 501. The second-order valence-electron chi connectivity index (χ2n) is 6.43. The van der Waals surface area contributed by atoms with E-state index in [0.717, 1.165) is 18.8 Å². The fourth-order valence-electron chi connectivity index (χ4n) is 2.86. The van der Waals surface area contributed by atoms with Crippen LogP contribution in [-0.4, -0.2) is 28.8 Å². The Morgan fingerprint density at radius 2 is 1.79 bits per heavy atom. The third kappa shape index (κ3) is 6.72. The van der Waals surface area contributed by atoms with Crippen molar-refractivity contribution < 1.29 is 14.1 Å². The maximum atomic E-state index is 12.0. The Labute approximate surface area is 144 Å². The lowest BCUT2D eigenvalue weighted by molar-refractivity contribution is -0.402. The second kappa shape index (κ2) is 10.8. The minimum atomic E-state index is -0.652. The molecule has 0 unspecified atom stereocenters. The van der Waals surface area contributed by atoms with Crippen LogP contribution < -0.4 is 0 Å². The van der Waals surface area contributed by atoms with Gasteiger partial charge < -0.3 is 9.32 Å². The van der Waals surface area contributed by atoms with Gasteiger partial charge in [0, 0.05) is 13.1 Å². The number of nitrogens with zero attached hydrogens (tertiary/aromatic N) is 2. The van der Waals surface area contributed by atoms with Crippen LogP contribution in [0, 0.1) is 16.0 Å². The van der Waals surface area contributed by atoms with Crippen LogP contribution in [-0.2, 0) is 0 Å². The molecule has 136 valence electrons. The molecule has 0 bridgehead atoms. The zero-order valence-electron chi connectivity index (χ0n) is 15.1. The summed E-state index contributed by atoms with van der Waals surface area (Å²) < 4.78 is 4.89. The fraction of sp³-hybridized carbons (Fsp3) is 0.722. The monoisotopic (exact) mass is 338 g/mol. The van der Waals surface area contributed by atoms with Gasteiger partial charge in [0.05, 0.1) is 6.07 Å². The van der Waals surface area contributed by atoms with Gasteiger partial charge in [-0.3, -0.25) is 14.9 Å². The fourth-order valence-corrected chi connectivity index (χ4v) is 2.86. The molecule has 0 spiro atoms. The summed E-state index contributed by atoms with van der Waals surface area (Å²) in [5.74, 6) is 0.371. The Morgan fingerprint density at radius 1 is 1.21 bits per heavy atom. The Hall–Kier alpha value is -1.85. The lowest BCUT2D eigenvalue weighted by Gasteiger charge is -2.19. The molecular formula is C18H30N2O4. The molecule has 6 heteroatoms. The lowest BCUT2D eigenvalue weighted by Crippen LogP contribution is -2.32. The molecule has 0 atom stereocenters. The molecule has 2 rings (SSSR count). The highest BCUT2D eigenvalue weighted by Crippen LogP contribution is 2.22. The Balaban J connectivity index is 0.000000341. The normalized spacial score (nSPS) is 14.6. The van der Waals surface area contributed by atoms with E-state index in [0.29, 0.717) is 13.1 Å². The van der Waals surface area contributed by atoms with Gasteiger partial charge in [-0.1, -0.05) is 52.9 Å². The van der Waals surface area contributed by atoms with Crippen molar-refractivity contribution in [2.75, 3.05) is 13.1 Å². The summed E-state index contributed by atoms with van der Waals surface area (Å²) in [6.07, 6.45) is 9.12. The van der Waals surface area contributed by atoms with Crippen molar-refractivity contribution in [1.29, 1.82) is 0 Å². The number of rotatable bonds is 6. The van der Waals surface area contributed by atoms with E-state index in [2.05, 4.69) is 6.92 Å². The predicted octanol–water partition coefficient (Wildman–Crippen LogP) is 5.04. The second-order valence-corrected chi connectivity index (χ2v) is 6.43. The molecule has 0 radical (unpaired) electrons. The van der Waals surface area contributed by atoms with Crippen LogP contribution in [0.3, 0.4) is 0 Å². The molecule has 0 saturated heterocycles. The first kappa shape index (κ1) is 20.2. The molecule has 24 heavy (non-hydrogen) atoms. The maximum absolute atomic E-state index is 12.0. The molecule has 1 saturated carbocycles. The number of furan rings is 1. The van der Waals surface area contributed by atoms with Crippen molar-refractivity contribution in [3.05, 3.63) is 28.0 Å². The Kier molecular flexibility index (Phi) is 9.12. The topological polar surface area (TPSA) is 76.6 Å². The average molecular weight is 338 g/mol. The molecule has 0 aromatic carbocycles. The molecule has 1 heterocycles. The van der Waals surface area contributed by atoms with Crippen molar-refractivity contribution in [1.82, 2.24) is 4.90 Å². The first-order valence-corrected chi connectivity index (χ1v) is 9.03. The lowest BCUT2D eigenvalue weighted by atomic mass is 9.91. The maximum Gasteiger partial charge on any atom is 0.433 e. The number of hydrogen-bond donors (Lipinski definition) is 0. The standard InChI is InChI=1S/C11H16N2O4.C7H14/c1-3-7-12(8-4-2)11(14)9-5-6-10(17-9)13(15)16;1-7-5-3-2-4-6-7/h5-6H,3-4,7-8H2,1-2H3;7H,2-6H2,1H3. The van der Waals surface area contributed by atoms with Crippen molar-refractivity contribution in [3.8, 4) is 0 Å². The predicted molar refractivity (Wildman–Crippen MR) is 94.1 cm³/mol. The quantitative estimate of drug-likeness (QED) is 0.538. The van der Waals surface area contributed by atoms with Gasteiger partial charge in [-0.05, 0) is 24.8 Å². The number of amides is 1. The SMILES string of the molecule is CC1CCCCC1.CCCN(CCC)C(=O)c1ccc([N+](=O)[O-])o1. The van der Waals surface area contributed by atoms with E-state index in [-0.39, 0.29) is 11.7 Å². The zero-order chi connectivity index (χ0) is 17.9. The van der Waals surface area contributed by atoms with Gasteiger partial charge in [-0.2, -0.15) is 0 Å². The number of carbonyl (C=O) groups excluding carboxylic acids is 1. The van der Waals surface area contributed by atoms with E-state index >= 15 is 0 Å².